The van der Waals surface area contributed by atoms with Crippen LogP contribution in [0.15, 0.2) is 23.8 Å². The van der Waals surface area contributed by atoms with Gasteiger partial charge in [-0.3, -0.25) is 4.79 Å². The molecule has 2 rings (SSSR count). The highest BCUT2D eigenvalue weighted by atomic mass is 19.1. The Hall–Kier alpha value is -1.23. The molecule has 0 saturated heterocycles. The summed E-state index contributed by atoms with van der Waals surface area (Å²) in [5.74, 6) is 0.0691. The molecular weight excluding hydrogens is 312 g/mol. The first-order valence-electron chi connectivity index (χ1n) is 9.01. The molecule has 0 bridgehead atoms. The standard InChI is InChI=1S/C19H29F2NO2/c1-3-10-22(17-5-7-18(24-2)8-6-17)19(23)9-4-14-11-15(20)13-16(21)12-14/h5,7,11,15-18H,3-4,6,8-10,12-13H2,1-2H3/t15-,16+,17+,18-/m1/s1. The summed E-state index contributed by atoms with van der Waals surface area (Å²) in [6.07, 6.45) is 7.07. The maximum atomic E-state index is 13.5. The van der Waals surface area contributed by atoms with Gasteiger partial charge in [0, 0.05) is 26.5 Å². The van der Waals surface area contributed by atoms with Crippen molar-refractivity contribution in [1.82, 2.24) is 4.90 Å². The fraction of sp³-hybridized carbons (Fsp3) is 0.737. The Kier molecular flexibility index (Phi) is 7.40. The first kappa shape index (κ1) is 19.1. The Morgan fingerprint density at radius 2 is 2.12 bits per heavy atom. The molecule has 1 amide bonds. The zero-order valence-corrected chi connectivity index (χ0v) is 14.7. The van der Waals surface area contributed by atoms with E-state index < -0.39 is 12.3 Å². The first-order valence-corrected chi connectivity index (χ1v) is 9.01. The number of carbonyl (C=O) groups is 1. The van der Waals surface area contributed by atoms with Crippen LogP contribution in [-0.2, 0) is 9.53 Å². The molecule has 24 heavy (non-hydrogen) atoms. The summed E-state index contributed by atoms with van der Waals surface area (Å²) >= 11 is 0. The van der Waals surface area contributed by atoms with E-state index in [9.17, 15) is 13.6 Å². The van der Waals surface area contributed by atoms with E-state index in [0.717, 1.165) is 24.8 Å². The highest BCUT2D eigenvalue weighted by Gasteiger charge is 2.26. The number of hydrogen-bond acceptors (Lipinski definition) is 2. The van der Waals surface area contributed by atoms with Crippen LogP contribution in [0.1, 0.15) is 51.9 Å². The number of ether oxygens (including phenoxy) is 1. The van der Waals surface area contributed by atoms with Crippen molar-refractivity contribution in [3.8, 4) is 0 Å². The van der Waals surface area contributed by atoms with Crippen LogP contribution < -0.4 is 0 Å². The van der Waals surface area contributed by atoms with Gasteiger partial charge in [0.15, 0.2) is 0 Å². The number of hydrogen-bond donors (Lipinski definition) is 0. The van der Waals surface area contributed by atoms with Crippen LogP contribution in [0.3, 0.4) is 0 Å². The molecule has 0 aromatic carbocycles. The van der Waals surface area contributed by atoms with Gasteiger partial charge < -0.3 is 9.64 Å². The Bertz CT molecular complexity index is 478. The van der Waals surface area contributed by atoms with Crippen molar-refractivity contribution in [2.24, 2.45) is 0 Å². The van der Waals surface area contributed by atoms with Gasteiger partial charge in [0.1, 0.15) is 12.3 Å². The average molecular weight is 341 g/mol. The SMILES string of the molecule is CCCN(C(=O)CCC1=C[C@@H](F)C[C@@H](F)C1)[C@H]1C=C[C@@H](OC)CC1. The number of carbonyl (C=O) groups excluding carboxylic acids is 1. The lowest BCUT2D eigenvalue weighted by molar-refractivity contribution is -0.133. The molecule has 4 atom stereocenters. The third-order valence-corrected chi connectivity index (χ3v) is 4.82. The molecule has 0 spiro atoms. The van der Waals surface area contributed by atoms with Crippen LogP contribution in [0.4, 0.5) is 8.78 Å². The molecule has 3 nitrogen and oxygen atoms in total. The zero-order valence-electron chi connectivity index (χ0n) is 14.7. The fourth-order valence-corrected chi connectivity index (χ4v) is 3.55. The number of rotatable bonds is 7. The van der Waals surface area contributed by atoms with Crippen LogP contribution in [0, 0.1) is 0 Å². The molecule has 0 aromatic heterocycles. The first-order chi connectivity index (χ1) is 11.5. The van der Waals surface area contributed by atoms with Crippen molar-refractivity contribution < 1.29 is 18.3 Å². The van der Waals surface area contributed by atoms with Gasteiger partial charge >= 0.3 is 0 Å². The zero-order chi connectivity index (χ0) is 17.5. The van der Waals surface area contributed by atoms with E-state index in [2.05, 4.69) is 13.0 Å². The van der Waals surface area contributed by atoms with Gasteiger partial charge in [-0.25, -0.2) is 8.78 Å². The number of amides is 1. The van der Waals surface area contributed by atoms with Crippen molar-refractivity contribution in [3.05, 3.63) is 23.8 Å². The lowest BCUT2D eigenvalue weighted by Crippen LogP contribution is -2.41. The fourth-order valence-electron chi connectivity index (χ4n) is 3.55. The van der Waals surface area contributed by atoms with E-state index in [-0.39, 0.29) is 30.9 Å². The largest absolute Gasteiger partial charge is 0.377 e. The van der Waals surface area contributed by atoms with Gasteiger partial charge in [-0.2, -0.15) is 0 Å². The molecule has 2 aliphatic rings. The van der Waals surface area contributed by atoms with E-state index in [1.807, 2.05) is 11.0 Å². The monoisotopic (exact) mass is 341 g/mol. The average Bonchev–Trinajstić information content (AvgIpc) is 2.57. The highest BCUT2D eigenvalue weighted by Crippen LogP contribution is 2.27. The van der Waals surface area contributed by atoms with Crippen molar-refractivity contribution in [2.75, 3.05) is 13.7 Å². The molecule has 0 aliphatic heterocycles. The van der Waals surface area contributed by atoms with Crippen molar-refractivity contribution in [1.29, 1.82) is 0 Å². The number of halogens is 2. The third kappa shape index (κ3) is 5.40. The summed E-state index contributed by atoms with van der Waals surface area (Å²) in [6.45, 7) is 2.76. The van der Waals surface area contributed by atoms with Gasteiger partial charge in [-0.15, -0.1) is 0 Å². The van der Waals surface area contributed by atoms with Gasteiger partial charge in [0.25, 0.3) is 0 Å². The Balaban J connectivity index is 1.92. The molecule has 0 N–H and O–H groups in total. The molecule has 0 fully saturated rings. The lowest BCUT2D eigenvalue weighted by Gasteiger charge is -2.33. The van der Waals surface area contributed by atoms with Gasteiger partial charge in [-0.05, 0) is 32.1 Å². The maximum Gasteiger partial charge on any atom is 0.223 e. The third-order valence-electron chi connectivity index (χ3n) is 4.82. The minimum Gasteiger partial charge on any atom is -0.377 e. The van der Waals surface area contributed by atoms with Crippen LogP contribution in [0.5, 0.6) is 0 Å². The molecular formula is C19H29F2NO2. The Morgan fingerprint density at radius 1 is 1.33 bits per heavy atom. The van der Waals surface area contributed by atoms with Crippen LogP contribution in [0.25, 0.3) is 0 Å². The summed E-state index contributed by atoms with van der Waals surface area (Å²) in [7, 11) is 1.69. The van der Waals surface area contributed by atoms with Gasteiger partial charge in [0.2, 0.25) is 5.91 Å². The van der Waals surface area contributed by atoms with E-state index >= 15 is 0 Å². The minimum atomic E-state index is -1.21. The predicted molar refractivity (Wildman–Crippen MR) is 91.3 cm³/mol. The normalized spacial score (nSPS) is 30.1. The van der Waals surface area contributed by atoms with E-state index in [1.54, 1.807) is 7.11 Å². The predicted octanol–water partition coefficient (Wildman–Crippen LogP) is 4.14. The molecule has 0 radical (unpaired) electrons. The van der Waals surface area contributed by atoms with Crippen LogP contribution in [-0.4, -0.2) is 49.0 Å². The van der Waals surface area contributed by atoms with E-state index in [4.69, 9.17) is 4.74 Å². The van der Waals surface area contributed by atoms with Gasteiger partial charge in [-0.1, -0.05) is 30.7 Å². The smallest absolute Gasteiger partial charge is 0.223 e. The van der Waals surface area contributed by atoms with Gasteiger partial charge in [0.05, 0.1) is 12.1 Å². The molecule has 0 heterocycles. The lowest BCUT2D eigenvalue weighted by atomic mass is 9.93. The minimum absolute atomic E-state index is 0.0487. The number of alkyl halides is 2. The molecule has 136 valence electrons. The summed E-state index contributed by atoms with van der Waals surface area (Å²) in [5, 5.41) is 0. The second-order valence-corrected chi connectivity index (χ2v) is 6.77. The van der Waals surface area contributed by atoms with Crippen molar-refractivity contribution >= 4 is 5.91 Å². The van der Waals surface area contributed by atoms with E-state index in [0.29, 0.717) is 19.4 Å². The summed E-state index contributed by atoms with van der Waals surface area (Å²) in [5.41, 5.74) is 0.740. The second kappa shape index (κ2) is 9.30. The summed E-state index contributed by atoms with van der Waals surface area (Å²) < 4.78 is 32.2. The van der Waals surface area contributed by atoms with Crippen molar-refractivity contribution in [2.45, 2.75) is 76.4 Å². The van der Waals surface area contributed by atoms with Crippen LogP contribution in [0.2, 0.25) is 0 Å². The molecule has 2 aliphatic carbocycles. The highest BCUT2D eigenvalue weighted by molar-refractivity contribution is 5.77. The second-order valence-electron chi connectivity index (χ2n) is 6.77. The topological polar surface area (TPSA) is 29.5 Å². The number of methoxy groups -OCH3 is 1. The quantitative estimate of drug-likeness (QED) is 0.652. The summed E-state index contributed by atoms with van der Waals surface area (Å²) in [6, 6.07) is 0.104. The molecule has 0 saturated carbocycles. The number of nitrogens with zero attached hydrogens (tertiary/aromatic N) is 1. The Labute approximate surface area is 143 Å². The van der Waals surface area contributed by atoms with Crippen molar-refractivity contribution in [3.63, 3.8) is 0 Å². The van der Waals surface area contributed by atoms with E-state index in [1.165, 1.54) is 6.08 Å². The maximum absolute atomic E-state index is 13.5. The molecule has 0 unspecified atom stereocenters. The molecule has 5 heteroatoms. The molecule has 0 aromatic rings. The Morgan fingerprint density at radius 3 is 2.71 bits per heavy atom. The van der Waals surface area contributed by atoms with Crippen LogP contribution >= 0.6 is 0 Å². The summed E-state index contributed by atoms with van der Waals surface area (Å²) in [4.78, 5) is 14.5. The number of allylic oxidation sites excluding steroid dienone is 2.